The van der Waals surface area contributed by atoms with Gasteiger partial charge in [0.2, 0.25) is 0 Å². The lowest BCUT2D eigenvalue weighted by molar-refractivity contribution is 0.0905. The molecule has 4 rings (SSSR count). The van der Waals surface area contributed by atoms with Gasteiger partial charge in [-0.3, -0.25) is 14.5 Å². The first-order valence-corrected chi connectivity index (χ1v) is 9.81. The van der Waals surface area contributed by atoms with Crippen LogP contribution in [-0.4, -0.2) is 56.2 Å². The van der Waals surface area contributed by atoms with Crippen molar-refractivity contribution in [2.24, 2.45) is 0 Å². The van der Waals surface area contributed by atoms with E-state index in [2.05, 4.69) is 25.3 Å². The first-order valence-electron chi connectivity index (χ1n) is 9.81. The van der Waals surface area contributed by atoms with E-state index >= 15 is 0 Å². The second-order valence-corrected chi connectivity index (χ2v) is 7.39. The Balaban J connectivity index is 1.35. The van der Waals surface area contributed by atoms with Crippen LogP contribution in [0.5, 0.6) is 0 Å². The molecule has 27 heavy (non-hydrogen) atoms. The van der Waals surface area contributed by atoms with Gasteiger partial charge in [-0.2, -0.15) is 5.10 Å². The normalized spacial score (nSPS) is 19.8. The molecule has 2 aliphatic rings. The highest BCUT2D eigenvalue weighted by Gasteiger charge is 2.23. The number of aryl methyl sites for hydroxylation is 2. The van der Waals surface area contributed by atoms with Crippen LogP contribution >= 0.6 is 0 Å². The highest BCUT2D eigenvalue weighted by atomic mass is 16.2. The number of H-pyrrole nitrogens is 1. The van der Waals surface area contributed by atoms with Gasteiger partial charge < -0.3 is 10.3 Å². The average Bonchev–Trinajstić information content (AvgIpc) is 3.36. The van der Waals surface area contributed by atoms with Crippen LogP contribution in [0, 0.1) is 0 Å². The van der Waals surface area contributed by atoms with Crippen LogP contribution in [0.15, 0.2) is 23.4 Å². The Morgan fingerprint density at radius 3 is 3.04 bits per heavy atom. The van der Waals surface area contributed by atoms with Gasteiger partial charge in [0.25, 0.3) is 11.5 Å². The molecule has 8 heteroatoms. The number of likely N-dealkylation sites (tertiary alicyclic amines) is 1. The van der Waals surface area contributed by atoms with E-state index in [9.17, 15) is 9.59 Å². The van der Waals surface area contributed by atoms with Crippen molar-refractivity contribution < 1.29 is 4.79 Å². The van der Waals surface area contributed by atoms with E-state index in [-0.39, 0.29) is 17.5 Å². The molecule has 1 amide bonds. The molecule has 1 aliphatic carbocycles. The summed E-state index contributed by atoms with van der Waals surface area (Å²) in [5.74, 6) is -0.130. The molecule has 1 aliphatic heterocycles. The second-order valence-electron chi connectivity index (χ2n) is 7.39. The van der Waals surface area contributed by atoms with Crippen LogP contribution in [0.25, 0.3) is 0 Å². The van der Waals surface area contributed by atoms with Gasteiger partial charge in [-0.1, -0.05) is 6.42 Å². The van der Waals surface area contributed by atoms with Gasteiger partial charge in [-0.05, 0) is 44.2 Å². The average molecular weight is 370 g/mol. The fraction of sp³-hybridized carbons (Fsp3) is 0.579. The SMILES string of the molecule is O=C(NCC1CCCCN1CCn1nc2c(cc1=O)CCC2)c1cnc[nH]1. The molecule has 1 atom stereocenters. The van der Waals surface area contributed by atoms with Crippen LogP contribution in [0.4, 0.5) is 0 Å². The first kappa shape index (κ1) is 17.9. The molecular formula is C19H26N6O2. The van der Waals surface area contributed by atoms with E-state index in [1.165, 1.54) is 12.5 Å². The van der Waals surface area contributed by atoms with E-state index in [4.69, 9.17) is 0 Å². The quantitative estimate of drug-likeness (QED) is 0.782. The Labute approximate surface area is 158 Å². The third-order valence-corrected chi connectivity index (χ3v) is 5.61. The number of hydrogen-bond acceptors (Lipinski definition) is 5. The lowest BCUT2D eigenvalue weighted by Gasteiger charge is -2.35. The van der Waals surface area contributed by atoms with Gasteiger partial charge in [0.15, 0.2) is 0 Å². The number of aromatic nitrogens is 4. The maximum absolute atomic E-state index is 12.3. The first-order chi connectivity index (χ1) is 13.2. The predicted octanol–water partition coefficient (Wildman–Crippen LogP) is 0.740. The van der Waals surface area contributed by atoms with Gasteiger partial charge in [-0.15, -0.1) is 0 Å². The molecule has 144 valence electrons. The molecule has 0 aromatic carbocycles. The number of carbonyl (C=O) groups is 1. The number of rotatable bonds is 6. The van der Waals surface area contributed by atoms with Crippen molar-refractivity contribution in [3.63, 3.8) is 0 Å². The lowest BCUT2D eigenvalue weighted by Crippen LogP contribution is -2.48. The molecule has 0 saturated carbocycles. The van der Waals surface area contributed by atoms with Gasteiger partial charge in [-0.25, -0.2) is 9.67 Å². The van der Waals surface area contributed by atoms with Crippen LogP contribution in [0.3, 0.4) is 0 Å². The minimum absolute atomic E-state index is 0.00300. The Hall–Kier alpha value is -2.48. The number of amides is 1. The maximum Gasteiger partial charge on any atom is 0.269 e. The highest BCUT2D eigenvalue weighted by Crippen LogP contribution is 2.18. The fourth-order valence-corrected chi connectivity index (χ4v) is 4.09. The largest absolute Gasteiger partial charge is 0.349 e. The molecule has 1 unspecified atom stereocenters. The molecule has 1 saturated heterocycles. The standard InChI is InChI=1S/C19H26N6O2/c26-18-10-14-4-3-6-16(14)23-25(18)9-8-24-7-2-1-5-15(24)11-21-19(27)17-12-20-13-22-17/h10,12-13,15H,1-9,11H2,(H,20,22)(H,21,27). The van der Waals surface area contributed by atoms with Crippen LogP contribution in [-0.2, 0) is 19.4 Å². The summed E-state index contributed by atoms with van der Waals surface area (Å²) in [6, 6.07) is 2.05. The maximum atomic E-state index is 12.3. The van der Waals surface area contributed by atoms with E-state index in [0.717, 1.165) is 62.9 Å². The van der Waals surface area contributed by atoms with E-state index < -0.39 is 0 Å². The summed E-state index contributed by atoms with van der Waals surface area (Å²) in [5, 5.41) is 7.56. The molecule has 2 aromatic heterocycles. The number of carbonyl (C=O) groups excluding carboxylic acids is 1. The smallest absolute Gasteiger partial charge is 0.269 e. The molecule has 0 spiro atoms. The van der Waals surface area contributed by atoms with Gasteiger partial charge in [0.1, 0.15) is 5.69 Å². The zero-order valence-electron chi connectivity index (χ0n) is 15.5. The monoisotopic (exact) mass is 370 g/mol. The van der Waals surface area contributed by atoms with Crippen LogP contribution < -0.4 is 10.9 Å². The van der Waals surface area contributed by atoms with Crippen molar-refractivity contribution in [1.82, 2.24) is 30.0 Å². The molecule has 1 fully saturated rings. The van der Waals surface area contributed by atoms with Crippen molar-refractivity contribution in [3.8, 4) is 0 Å². The minimum Gasteiger partial charge on any atom is -0.349 e. The van der Waals surface area contributed by atoms with E-state index in [1.807, 2.05) is 0 Å². The van der Waals surface area contributed by atoms with Crippen LogP contribution in [0.1, 0.15) is 47.4 Å². The van der Waals surface area contributed by atoms with Crippen LogP contribution in [0.2, 0.25) is 0 Å². The number of imidazole rings is 1. The molecular weight excluding hydrogens is 344 g/mol. The third kappa shape index (κ3) is 4.10. The number of aromatic amines is 1. The van der Waals surface area contributed by atoms with Crippen molar-refractivity contribution in [2.45, 2.75) is 51.1 Å². The Kier molecular flexibility index (Phi) is 5.33. The Morgan fingerprint density at radius 1 is 1.26 bits per heavy atom. The summed E-state index contributed by atoms with van der Waals surface area (Å²) < 4.78 is 1.61. The molecule has 0 radical (unpaired) electrons. The summed E-state index contributed by atoms with van der Waals surface area (Å²) >= 11 is 0. The highest BCUT2D eigenvalue weighted by molar-refractivity contribution is 5.91. The third-order valence-electron chi connectivity index (χ3n) is 5.61. The zero-order chi connectivity index (χ0) is 18.6. The summed E-state index contributed by atoms with van der Waals surface area (Å²) in [6.45, 7) is 2.96. The minimum atomic E-state index is -0.130. The van der Waals surface area contributed by atoms with Crippen molar-refractivity contribution in [1.29, 1.82) is 0 Å². The molecule has 2 N–H and O–H groups in total. The topological polar surface area (TPSA) is 95.9 Å². The number of fused-ring (bicyclic) bond motifs is 1. The molecule has 2 aromatic rings. The predicted molar refractivity (Wildman–Crippen MR) is 101 cm³/mol. The van der Waals surface area contributed by atoms with Crippen molar-refractivity contribution in [2.75, 3.05) is 19.6 Å². The molecule has 8 nitrogen and oxygen atoms in total. The Morgan fingerprint density at radius 2 is 2.19 bits per heavy atom. The Bertz CT molecular complexity index is 844. The van der Waals surface area contributed by atoms with Gasteiger partial charge >= 0.3 is 0 Å². The van der Waals surface area contributed by atoms with Crippen molar-refractivity contribution >= 4 is 5.91 Å². The summed E-state index contributed by atoms with van der Waals surface area (Å²) in [6.07, 6.45) is 9.44. The molecule has 0 bridgehead atoms. The second kappa shape index (κ2) is 8.04. The fourth-order valence-electron chi connectivity index (χ4n) is 4.09. The van der Waals surface area contributed by atoms with Gasteiger partial charge in [0, 0.05) is 25.2 Å². The number of piperidine rings is 1. The van der Waals surface area contributed by atoms with Gasteiger partial charge in [0.05, 0.1) is 24.8 Å². The lowest BCUT2D eigenvalue weighted by atomic mass is 10.0. The molecule has 3 heterocycles. The number of nitrogens with one attached hydrogen (secondary N) is 2. The van der Waals surface area contributed by atoms with Crippen molar-refractivity contribution in [3.05, 3.63) is 45.9 Å². The van der Waals surface area contributed by atoms with E-state index in [0.29, 0.717) is 18.8 Å². The summed E-state index contributed by atoms with van der Waals surface area (Å²) in [5.41, 5.74) is 2.67. The zero-order valence-corrected chi connectivity index (χ0v) is 15.5. The number of hydrogen-bond donors (Lipinski definition) is 2. The summed E-state index contributed by atoms with van der Waals surface area (Å²) in [7, 11) is 0. The summed E-state index contributed by atoms with van der Waals surface area (Å²) in [4.78, 5) is 33.5. The van der Waals surface area contributed by atoms with E-state index in [1.54, 1.807) is 10.7 Å². The number of nitrogens with zero attached hydrogens (tertiary/aromatic N) is 4.